The van der Waals surface area contributed by atoms with Gasteiger partial charge in [-0.25, -0.2) is 9.50 Å². The minimum Gasteiger partial charge on any atom is -0.489 e. The van der Waals surface area contributed by atoms with Crippen LogP contribution in [-0.2, 0) is 6.61 Å². The van der Waals surface area contributed by atoms with Crippen LogP contribution in [0.25, 0.3) is 5.65 Å². The van der Waals surface area contributed by atoms with Crippen molar-refractivity contribution in [2.45, 2.75) is 20.5 Å². The molecule has 0 aliphatic rings. The third-order valence-electron chi connectivity index (χ3n) is 4.35. The van der Waals surface area contributed by atoms with Gasteiger partial charge in [-0.3, -0.25) is 4.79 Å². The van der Waals surface area contributed by atoms with Crippen LogP contribution in [0.15, 0.2) is 66.9 Å². The van der Waals surface area contributed by atoms with E-state index in [0.29, 0.717) is 23.7 Å². The third kappa shape index (κ3) is 3.86. The highest BCUT2D eigenvalue weighted by Gasteiger charge is 2.10. The summed E-state index contributed by atoms with van der Waals surface area (Å²) in [6, 6.07) is 18.9. The van der Waals surface area contributed by atoms with E-state index in [1.54, 1.807) is 35.0 Å². The van der Waals surface area contributed by atoms with E-state index in [1.165, 1.54) is 0 Å². The monoisotopic (exact) mass is 372 g/mol. The first kappa shape index (κ1) is 17.7. The van der Waals surface area contributed by atoms with Gasteiger partial charge in [-0.15, -0.1) is 0 Å². The maximum atomic E-state index is 12.6. The molecule has 0 fully saturated rings. The van der Waals surface area contributed by atoms with Crippen molar-refractivity contribution in [2.75, 3.05) is 5.32 Å². The molecule has 6 nitrogen and oxygen atoms in total. The summed E-state index contributed by atoms with van der Waals surface area (Å²) < 4.78 is 7.44. The Hall–Kier alpha value is -3.67. The van der Waals surface area contributed by atoms with E-state index < -0.39 is 0 Å². The fraction of sp³-hybridized carbons (Fsp3) is 0.136. The van der Waals surface area contributed by atoms with Crippen molar-refractivity contribution in [3.05, 3.63) is 89.4 Å². The number of amides is 1. The van der Waals surface area contributed by atoms with Crippen molar-refractivity contribution in [1.82, 2.24) is 14.6 Å². The number of rotatable bonds is 5. The number of anilines is 1. The number of aromatic nitrogens is 3. The molecule has 0 aliphatic carbocycles. The average molecular weight is 372 g/mol. The number of pyridine rings is 1. The number of benzene rings is 2. The van der Waals surface area contributed by atoms with Crippen LogP contribution in [0.1, 0.15) is 27.3 Å². The molecule has 4 aromatic rings. The average Bonchev–Trinajstić information content (AvgIpc) is 3.08. The summed E-state index contributed by atoms with van der Waals surface area (Å²) in [5.74, 6) is 1.22. The topological polar surface area (TPSA) is 68.5 Å². The normalized spacial score (nSPS) is 10.8. The molecule has 0 saturated heterocycles. The summed E-state index contributed by atoms with van der Waals surface area (Å²) in [6.07, 6.45) is 1.76. The molecule has 2 aromatic carbocycles. The summed E-state index contributed by atoms with van der Waals surface area (Å²) in [7, 11) is 0. The van der Waals surface area contributed by atoms with E-state index in [1.807, 2.05) is 50.2 Å². The van der Waals surface area contributed by atoms with Crippen LogP contribution >= 0.6 is 0 Å². The van der Waals surface area contributed by atoms with Crippen molar-refractivity contribution in [1.29, 1.82) is 0 Å². The van der Waals surface area contributed by atoms with Gasteiger partial charge in [0.25, 0.3) is 5.91 Å². The quantitative estimate of drug-likeness (QED) is 0.571. The second kappa shape index (κ2) is 7.52. The molecule has 0 bridgehead atoms. The lowest BCUT2D eigenvalue weighted by Crippen LogP contribution is -2.12. The molecule has 2 aromatic heterocycles. The minimum absolute atomic E-state index is 0.190. The molecule has 4 rings (SSSR count). The number of carbonyl (C=O) groups excluding carboxylic acids is 1. The number of nitrogens with one attached hydrogen (secondary N) is 1. The molecule has 0 spiro atoms. The number of fused-ring (bicyclic) bond motifs is 1. The molecule has 0 atom stereocenters. The molecule has 0 radical (unpaired) electrons. The van der Waals surface area contributed by atoms with Crippen LogP contribution < -0.4 is 10.1 Å². The van der Waals surface area contributed by atoms with Crippen molar-refractivity contribution >= 4 is 17.2 Å². The van der Waals surface area contributed by atoms with Crippen molar-refractivity contribution in [2.24, 2.45) is 0 Å². The van der Waals surface area contributed by atoms with Gasteiger partial charge < -0.3 is 10.1 Å². The number of carbonyl (C=O) groups is 1. The first-order valence-corrected chi connectivity index (χ1v) is 9.00. The van der Waals surface area contributed by atoms with E-state index in [9.17, 15) is 4.79 Å². The molecule has 1 N–H and O–H groups in total. The summed E-state index contributed by atoms with van der Waals surface area (Å²) in [6.45, 7) is 4.27. The van der Waals surface area contributed by atoms with Gasteiger partial charge in [0, 0.05) is 5.56 Å². The van der Waals surface area contributed by atoms with Crippen LogP contribution in [-0.4, -0.2) is 20.5 Å². The Morgan fingerprint density at radius 3 is 2.57 bits per heavy atom. The second-order valence-electron chi connectivity index (χ2n) is 6.59. The van der Waals surface area contributed by atoms with Crippen LogP contribution in [0.3, 0.4) is 0 Å². The molecule has 0 saturated carbocycles. The first-order chi connectivity index (χ1) is 13.6. The number of nitrogens with zero attached hydrogens (tertiary/aromatic N) is 3. The Labute approximate surface area is 162 Å². The maximum absolute atomic E-state index is 12.6. The fourth-order valence-corrected chi connectivity index (χ4v) is 2.97. The van der Waals surface area contributed by atoms with Gasteiger partial charge in [0.15, 0.2) is 5.65 Å². The van der Waals surface area contributed by atoms with Crippen LogP contribution in [0.2, 0.25) is 0 Å². The van der Waals surface area contributed by atoms with Crippen LogP contribution in [0.5, 0.6) is 5.75 Å². The molecule has 1 amide bonds. The molecule has 28 heavy (non-hydrogen) atoms. The van der Waals surface area contributed by atoms with E-state index in [2.05, 4.69) is 15.4 Å². The van der Waals surface area contributed by atoms with Crippen LogP contribution in [0, 0.1) is 13.8 Å². The minimum atomic E-state index is -0.190. The number of hydrogen-bond acceptors (Lipinski definition) is 4. The zero-order valence-corrected chi connectivity index (χ0v) is 15.7. The Morgan fingerprint density at radius 2 is 1.82 bits per heavy atom. The first-order valence-electron chi connectivity index (χ1n) is 9.00. The number of ether oxygens (including phenoxy) is 1. The second-order valence-corrected chi connectivity index (χ2v) is 6.59. The highest BCUT2D eigenvalue weighted by atomic mass is 16.5. The summed E-state index contributed by atoms with van der Waals surface area (Å²) in [5, 5.41) is 7.22. The highest BCUT2D eigenvalue weighted by molar-refractivity contribution is 6.04. The Kier molecular flexibility index (Phi) is 4.76. The molecule has 0 unspecified atom stereocenters. The maximum Gasteiger partial charge on any atom is 0.255 e. The van der Waals surface area contributed by atoms with Crippen molar-refractivity contribution < 1.29 is 9.53 Å². The molecular weight excluding hydrogens is 352 g/mol. The lowest BCUT2D eigenvalue weighted by Gasteiger charge is -2.09. The summed E-state index contributed by atoms with van der Waals surface area (Å²) in [4.78, 5) is 16.9. The Bertz CT molecular complexity index is 1120. The summed E-state index contributed by atoms with van der Waals surface area (Å²) in [5.41, 5.74) is 4.06. The van der Waals surface area contributed by atoms with Gasteiger partial charge in [-0.05, 0) is 55.3 Å². The predicted octanol–water partition coefficient (Wildman–Crippen LogP) is 4.18. The van der Waals surface area contributed by atoms with Gasteiger partial charge >= 0.3 is 0 Å². The van der Waals surface area contributed by atoms with Crippen molar-refractivity contribution in [3.8, 4) is 5.75 Å². The lowest BCUT2D eigenvalue weighted by molar-refractivity contribution is 0.102. The van der Waals surface area contributed by atoms with Gasteiger partial charge in [-0.2, -0.15) is 5.10 Å². The Morgan fingerprint density at radius 1 is 1.07 bits per heavy atom. The SMILES string of the molecule is Cc1nc2c(C)cc(NC(=O)c3ccc(OCc4ccccc4)cc3)cn2n1. The fourth-order valence-electron chi connectivity index (χ4n) is 2.97. The van der Waals surface area contributed by atoms with Crippen LogP contribution in [0.4, 0.5) is 5.69 Å². The molecule has 140 valence electrons. The molecule has 0 aliphatic heterocycles. The van der Waals surface area contributed by atoms with E-state index in [4.69, 9.17) is 4.74 Å². The predicted molar refractivity (Wildman–Crippen MR) is 108 cm³/mol. The number of aryl methyl sites for hydroxylation is 2. The summed E-state index contributed by atoms with van der Waals surface area (Å²) >= 11 is 0. The van der Waals surface area contributed by atoms with Gasteiger partial charge in [0.2, 0.25) is 0 Å². The highest BCUT2D eigenvalue weighted by Crippen LogP contribution is 2.18. The zero-order chi connectivity index (χ0) is 19.5. The Balaban J connectivity index is 1.43. The standard InChI is InChI=1S/C22H20N4O2/c1-15-12-19(13-26-21(15)23-16(2)25-26)24-22(27)18-8-10-20(11-9-18)28-14-17-6-4-3-5-7-17/h3-13H,14H2,1-2H3,(H,24,27). The van der Waals surface area contributed by atoms with Crippen molar-refractivity contribution in [3.63, 3.8) is 0 Å². The van der Waals surface area contributed by atoms with Gasteiger partial charge in [0.1, 0.15) is 18.2 Å². The van der Waals surface area contributed by atoms with E-state index in [-0.39, 0.29) is 5.91 Å². The zero-order valence-electron chi connectivity index (χ0n) is 15.7. The number of hydrogen-bond donors (Lipinski definition) is 1. The van der Waals surface area contributed by atoms with Gasteiger partial charge in [0.05, 0.1) is 11.9 Å². The molecule has 2 heterocycles. The van der Waals surface area contributed by atoms with E-state index in [0.717, 1.165) is 22.5 Å². The lowest BCUT2D eigenvalue weighted by atomic mass is 10.2. The van der Waals surface area contributed by atoms with E-state index >= 15 is 0 Å². The molecular formula is C22H20N4O2. The van der Waals surface area contributed by atoms with Gasteiger partial charge in [-0.1, -0.05) is 30.3 Å². The third-order valence-corrected chi connectivity index (χ3v) is 4.35. The smallest absolute Gasteiger partial charge is 0.255 e. The largest absolute Gasteiger partial charge is 0.489 e. The molecule has 6 heteroatoms.